The van der Waals surface area contributed by atoms with Crippen LogP contribution in [-0.4, -0.2) is 5.78 Å². The number of carbonyl (C=O) groups excluding carboxylic acids is 1. The molecular formula is C11H22O. The van der Waals surface area contributed by atoms with E-state index in [-0.39, 0.29) is 0 Å². The van der Waals surface area contributed by atoms with Crippen molar-refractivity contribution in [3.05, 3.63) is 0 Å². The fourth-order valence-corrected chi connectivity index (χ4v) is 0.927. The summed E-state index contributed by atoms with van der Waals surface area (Å²) >= 11 is 0. The quantitative estimate of drug-likeness (QED) is 0.618. The summed E-state index contributed by atoms with van der Waals surface area (Å²) in [5.41, 5.74) is 0.310. The Labute approximate surface area is 76.6 Å². The molecule has 0 saturated carbocycles. The molecule has 0 radical (unpaired) electrons. The molecule has 0 spiro atoms. The summed E-state index contributed by atoms with van der Waals surface area (Å²) in [5, 5.41) is 0. The molecule has 1 heteroatoms. The predicted molar refractivity (Wildman–Crippen MR) is 53.2 cm³/mol. The highest BCUT2D eigenvalue weighted by Crippen LogP contribution is 2.31. The van der Waals surface area contributed by atoms with Gasteiger partial charge in [0, 0.05) is 12.8 Å². The molecule has 1 nitrogen and oxygen atoms in total. The average molecular weight is 170 g/mol. The van der Waals surface area contributed by atoms with E-state index in [0.717, 1.165) is 12.8 Å². The first-order chi connectivity index (χ1) is 5.40. The lowest BCUT2D eigenvalue weighted by Gasteiger charge is -2.28. The molecule has 0 saturated heterocycles. The molecule has 0 unspecified atom stereocenters. The van der Waals surface area contributed by atoms with Gasteiger partial charge in [0.2, 0.25) is 0 Å². The van der Waals surface area contributed by atoms with Crippen molar-refractivity contribution in [1.82, 2.24) is 0 Å². The first kappa shape index (κ1) is 11.7. The highest BCUT2D eigenvalue weighted by molar-refractivity contribution is 5.77. The Balaban J connectivity index is 3.83. The van der Waals surface area contributed by atoms with Gasteiger partial charge in [-0.05, 0) is 17.8 Å². The van der Waals surface area contributed by atoms with Crippen molar-refractivity contribution in [1.29, 1.82) is 0 Å². The van der Waals surface area contributed by atoms with Gasteiger partial charge in [0.05, 0.1) is 0 Å². The predicted octanol–water partition coefficient (Wildman–Crippen LogP) is 3.43. The van der Waals surface area contributed by atoms with E-state index >= 15 is 0 Å². The molecule has 0 aromatic heterocycles. The summed E-state index contributed by atoms with van der Waals surface area (Å²) in [5.74, 6) is 1.05. The molecule has 0 N–H and O–H groups in total. The zero-order valence-corrected chi connectivity index (χ0v) is 9.11. The lowest BCUT2D eigenvalue weighted by Crippen LogP contribution is -2.20. The first-order valence-electron chi connectivity index (χ1n) is 4.92. The lowest BCUT2D eigenvalue weighted by molar-refractivity contribution is -0.119. The Kier molecular flexibility index (Phi) is 4.51. The normalized spacial score (nSPS) is 12.2. The highest BCUT2D eigenvalue weighted by atomic mass is 16.1. The van der Waals surface area contributed by atoms with Gasteiger partial charge in [-0.3, -0.25) is 4.79 Å². The summed E-state index contributed by atoms with van der Waals surface area (Å²) < 4.78 is 0. The van der Waals surface area contributed by atoms with Crippen molar-refractivity contribution < 1.29 is 4.79 Å². The number of hydrogen-bond acceptors (Lipinski definition) is 1. The molecule has 0 aliphatic carbocycles. The van der Waals surface area contributed by atoms with E-state index in [1.807, 2.05) is 6.92 Å². The van der Waals surface area contributed by atoms with E-state index in [2.05, 4.69) is 27.7 Å². The number of Topliss-reactive ketones (excluding diaryl/α,β-unsaturated/α-hetero) is 1. The van der Waals surface area contributed by atoms with Crippen molar-refractivity contribution in [2.24, 2.45) is 11.3 Å². The zero-order valence-electron chi connectivity index (χ0n) is 9.11. The average Bonchev–Trinajstić information content (AvgIpc) is 2.00. The van der Waals surface area contributed by atoms with Crippen LogP contribution in [0.4, 0.5) is 0 Å². The van der Waals surface area contributed by atoms with Crippen molar-refractivity contribution in [2.45, 2.75) is 53.9 Å². The highest BCUT2D eigenvalue weighted by Gasteiger charge is 2.22. The monoisotopic (exact) mass is 170 g/mol. The molecule has 0 rings (SSSR count). The fourth-order valence-electron chi connectivity index (χ4n) is 0.927. The van der Waals surface area contributed by atoms with Gasteiger partial charge in [-0.2, -0.15) is 0 Å². The van der Waals surface area contributed by atoms with Crippen molar-refractivity contribution >= 4 is 5.78 Å². The maximum atomic E-state index is 11.1. The second kappa shape index (κ2) is 4.64. The van der Waals surface area contributed by atoms with E-state index in [4.69, 9.17) is 0 Å². The van der Waals surface area contributed by atoms with Crippen LogP contribution < -0.4 is 0 Å². The lowest BCUT2D eigenvalue weighted by atomic mass is 9.77. The molecule has 0 aromatic rings. The minimum atomic E-state index is 0.310. The molecular weight excluding hydrogens is 148 g/mol. The Morgan fingerprint density at radius 1 is 1.33 bits per heavy atom. The van der Waals surface area contributed by atoms with E-state index in [0.29, 0.717) is 23.5 Å². The van der Waals surface area contributed by atoms with E-state index in [1.165, 1.54) is 0 Å². The Morgan fingerprint density at radius 2 is 1.83 bits per heavy atom. The SMILES string of the molecule is CCC(=O)CCC(C)(C)C(C)C. The van der Waals surface area contributed by atoms with Gasteiger partial charge in [-0.25, -0.2) is 0 Å². The first-order valence-corrected chi connectivity index (χ1v) is 4.92. The van der Waals surface area contributed by atoms with Crippen molar-refractivity contribution in [2.75, 3.05) is 0 Å². The molecule has 0 aliphatic heterocycles. The van der Waals surface area contributed by atoms with Crippen LogP contribution in [0.15, 0.2) is 0 Å². The van der Waals surface area contributed by atoms with Crippen molar-refractivity contribution in [3.8, 4) is 0 Å². The standard InChI is InChI=1S/C11H22O/c1-6-10(12)7-8-11(4,5)9(2)3/h9H,6-8H2,1-5H3. The van der Waals surface area contributed by atoms with E-state index < -0.39 is 0 Å². The van der Waals surface area contributed by atoms with Gasteiger partial charge in [0.15, 0.2) is 0 Å². The summed E-state index contributed by atoms with van der Waals surface area (Å²) in [4.78, 5) is 11.1. The summed E-state index contributed by atoms with van der Waals surface area (Å²) in [6.07, 6.45) is 2.47. The van der Waals surface area contributed by atoms with Crippen molar-refractivity contribution in [3.63, 3.8) is 0 Å². The Hall–Kier alpha value is -0.330. The van der Waals surface area contributed by atoms with E-state index in [9.17, 15) is 4.79 Å². The van der Waals surface area contributed by atoms with Gasteiger partial charge in [0.1, 0.15) is 5.78 Å². The molecule has 0 bridgehead atoms. The van der Waals surface area contributed by atoms with Crippen LogP contribution in [0.3, 0.4) is 0 Å². The van der Waals surface area contributed by atoms with Gasteiger partial charge >= 0.3 is 0 Å². The zero-order chi connectivity index (χ0) is 9.78. The van der Waals surface area contributed by atoms with Crippen LogP contribution in [0.2, 0.25) is 0 Å². The third kappa shape index (κ3) is 3.89. The number of ketones is 1. The van der Waals surface area contributed by atoms with Crippen LogP contribution in [0.5, 0.6) is 0 Å². The fraction of sp³-hybridized carbons (Fsp3) is 0.909. The van der Waals surface area contributed by atoms with Gasteiger partial charge < -0.3 is 0 Å². The topological polar surface area (TPSA) is 17.1 Å². The van der Waals surface area contributed by atoms with Gasteiger partial charge in [-0.1, -0.05) is 34.6 Å². The third-order valence-electron chi connectivity index (χ3n) is 3.01. The summed E-state index contributed by atoms with van der Waals surface area (Å²) in [6.45, 7) is 10.8. The molecule has 0 heterocycles. The molecule has 72 valence electrons. The number of carbonyl (C=O) groups is 1. The summed E-state index contributed by atoms with van der Waals surface area (Å²) in [6, 6.07) is 0. The molecule has 0 fully saturated rings. The Bertz CT molecular complexity index is 145. The van der Waals surface area contributed by atoms with Crippen LogP contribution in [-0.2, 0) is 4.79 Å². The molecule has 0 aliphatic rings. The van der Waals surface area contributed by atoms with E-state index in [1.54, 1.807) is 0 Å². The number of hydrogen-bond donors (Lipinski definition) is 0. The van der Waals surface area contributed by atoms with Crippen LogP contribution in [0, 0.1) is 11.3 Å². The van der Waals surface area contributed by atoms with Crippen LogP contribution >= 0.6 is 0 Å². The van der Waals surface area contributed by atoms with Gasteiger partial charge in [-0.15, -0.1) is 0 Å². The molecule has 12 heavy (non-hydrogen) atoms. The van der Waals surface area contributed by atoms with Crippen LogP contribution in [0.1, 0.15) is 53.9 Å². The minimum Gasteiger partial charge on any atom is -0.300 e. The molecule has 0 amide bonds. The minimum absolute atomic E-state index is 0.310. The van der Waals surface area contributed by atoms with Gasteiger partial charge in [0.25, 0.3) is 0 Å². The maximum absolute atomic E-state index is 11.1. The molecule has 0 aromatic carbocycles. The second-order valence-electron chi connectivity index (χ2n) is 4.54. The van der Waals surface area contributed by atoms with Crippen LogP contribution in [0.25, 0.3) is 0 Å². The second-order valence-corrected chi connectivity index (χ2v) is 4.54. The third-order valence-corrected chi connectivity index (χ3v) is 3.01. The smallest absolute Gasteiger partial charge is 0.132 e. The Morgan fingerprint density at radius 3 is 2.17 bits per heavy atom. The maximum Gasteiger partial charge on any atom is 0.132 e. The largest absolute Gasteiger partial charge is 0.300 e. The molecule has 0 atom stereocenters. The summed E-state index contributed by atoms with van der Waals surface area (Å²) in [7, 11) is 0. The number of rotatable bonds is 5.